The van der Waals surface area contributed by atoms with E-state index in [0.29, 0.717) is 12.2 Å². The van der Waals surface area contributed by atoms with Crippen LogP contribution in [0.3, 0.4) is 0 Å². The number of nitrogens with one attached hydrogen (secondary N) is 2. The normalized spacial score (nSPS) is 9.73. The first-order valence-corrected chi connectivity index (χ1v) is 5.18. The highest BCUT2D eigenvalue weighted by Crippen LogP contribution is 2.09. The van der Waals surface area contributed by atoms with Gasteiger partial charge in [-0.3, -0.25) is 10.4 Å². The summed E-state index contributed by atoms with van der Waals surface area (Å²) in [6.07, 6.45) is 4.28. The minimum Gasteiger partial charge on any atom is -0.478 e. The zero-order chi connectivity index (χ0) is 11.1. The monoisotopic (exact) mass is 207 g/mol. The van der Waals surface area contributed by atoms with Gasteiger partial charge in [-0.2, -0.15) is 0 Å². The zero-order valence-corrected chi connectivity index (χ0v) is 9.21. The number of aromatic nitrogens is 1. The van der Waals surface area contributed by atoms with Crippen LogP contribution >= 0.6 is 0 Å². The van der Waals surface area contributed by atoms with Gasteiger partial charge in [-0.05, 0) is 19.4 Å². The van der Waals surface area contributed by atoms with Crippen molar-refractivity contribution in [2.75, 3.05) is 18.5 Å². The van der Waals surface area contributed by atoms with Gasteiger partial charge in [0.2, 0.25) is 5.90 Å². The summed E-state index contributed by atoms with van der Waals surface area (Å²) in [5, 5.41) is 10.8. The molecular formula is C11H17N3O. The molecule has 0 aromatic carbocycles. The highest BCUT2D eigenvalue weighted by atomic mass is 16.5. The summed E-state index contributed by atoms with van der Waals surface area (Å²) in [5.74, 6) is 0.184. The number of anilines is 1. The van der Waals surface area contributed by atoms with Gasteiger partial charge in [0.1, 0.15) is 0 Å². The molecule has 0 fully saturated rings. The van der Waals surface area contributed by atoms with Gasteiger partial charge in [0, 0.05) is 18.9 Å². The van der Waals surface area contributed by atoms with Crippen LogP contribution in [0.25, 0.3) is 0 Å². The van der Waals surface area contributed by atoms with Gasteiger partial charge in [-0.25, -0.2) is 0 Å². The first-order chi connectivity index (χ1) is 7.27. The molecule has 0 radical (unpaired) electrons. The molecule has 0 aliphatic heterocycles. The Bertz CT molecular complexity index is 325. The van der Waals surface area contributed by atoms with E-state index in [2.05, 4.69) is 10.3 Å². The van der Waals surface area contributed by atoms with Crippen molar-refractivity contribution in [1.82, 2.24) is 4.98 Å². The largest absolute Gasteiger partial charge is 0.478 e. The predicted molar refractivity (Wildman–Crippen MR) is 61.5 cm³/mol. The molecule has 4 nitrogen and oxygen atoms in total. The van der Waals surface area contributed by atoms with Crippen molar-refractivity contribution in [3.63, 3.8) is 0 Å². The molecule has 82 valence electrons. The number of hydrogen-bond donors (Lipinski definition) is 2. The van der Waals surface area contributed by atoms with Crippen LogP contribution < -0.4 is 5.32 Å². The lowest BCUT2D eigenvalue weighted by Crippen LogP contribution is -2.07. The van der Waals surface area contributed by atoms with Crippen LogP contribution in [-0.4, -0.2) is 24.0 Å². The molecule has 0 unspecified atom stereocenters. The Kier molecular flexibility index (Phi) is 4.60. The maximum Gasteiger partial charge on any atom is 0.214 e. The second-order valence-electron chi connectivity index (χ2n) is 3.17. The van der Waals surface area contributed by atoms with Crippen LogP contribution in [0.15, 0.2) is 18.5 Å². The molecule has 0 aliphatic carbocycles. The number of nitrogens with zero attached hydrogens (tertiary/aromatic N) is 1. The Hall–Kier alpha value is -1.58. The Balaban J connectivity index is 2.67. The van der Waals surface area contributed by atoms with Crippen molar-refractivity contribution in [2.45, 2.75) is 20.3 Å². The summed E-state index contributed by atoms with van der Waals surface area (Å²) in [7, 11) is 0. The maximum atomic E-state index is 7.67. The van der Waals surface area contributed by atoms with E-state index in [1.807, 2.05) is 19.9 Å². The standard InChI is InChI=1S/C11H17N3O/c1-3-5-15-11(12)9-6-10(14-4-2)8-13-7-9/h6-8,12,14H,3-5H2,1-2H3. The van der Waals surface area contributed by atoms with E-state index in [4.69, 9.17) is 10.1 Å². The van der Waals surface area contributed by atoms with Crippen molar-refractivity contribution in [3.8, 4) is 0 Å². The molecule has 1 heterocycles. The highest BCUT2D eigenvalue weighted by molar-refractivity contribution is 5.92. The van der Waals surface area contributed by atoms with Crippen LogP contribution in [0.5, 0.6) is 0 Å². The summed E-state index contributed by atoms with van der Waals surface area (Å²) in [6, 6.07) is 1.87. The molecule has 0 aliphatic rings. The van der Waals surface area contributed by atoms with Crippen molar-refractivity contribution < 1.29 is 4.74 Å². The van der Waals surface area contributed by atoms with Gasteiger partial charge in [0.25, 0.3) is 0 Å². The minimum atomic E-state index is 0.184. The van der Waals surface area contributed by atoms with E-state index in [0.717, 1.165) is 18.7 Å². The van der Waals surface area contributed by atoms with E-state index in [-0.39, 0.29) is 5.90 Å². The summed E-state index contributed by atoms with van der Waals surface area (Å²) in [6.45, 7) is 5.45. The molecule has 0 saturated carbocycles. The lowest BCUT2D eigenvalue weighted by Gasteiger charge is -2.07. The van der Waals surface area contributed by atoms with E-state index in [1.54, 1.807) is 12.4 Å². The Labute approximate surface area is 90.2 Å². The fraction of sp³-hybridized carbons (Fsp3) is 0.455. The van der Waals surface area contributed by atoms with Crippen LogP contribution in [0, 0.1) is 5.41 Å². The molecule has 1 aromatic heterocycles. The van der Waals surface area contributed by atoms with Crippen LogP contribution in [0.2, 0.25) is 0 Å². The average molecular weight is 207 g/mol. The van der Waals surface area contributed by atoms with E-state index in [9.17, 15) is 0 Å². The van der Waals surface area contributed by atoms with E-state index < -0.39 is 0 Å². The molecule has 1 rings (SSSR count). The topological polar surface area (TPSA) is 58.0 Å². The van der Waals surface area contributed by atoms with Gasteiger partial charge >= 0.3 is 0 Å². The van der Waals surface area contributed by atoms with Gasteiger partial charge in [0.15, 0.2) is 0 Å². The van der Waals surface area contributed by atoms with E-state index >= 15 is 0 Å². The predicted octanol–water partition coefficient (Wildman–Crippen LogP) is 2.27. The molecule has 0 spiro atoms. The van der Waals surface area contributed by atoms with Crippen LogP contribution in [-0.2, 0) is 4.74 Å². The third-order valence-corrected chi connectivity index (χ3v) is 1.83. The van der Waals surface area contributed by atoms with E-state index in [1.165, 1.54) is 0 Å². The fourth-order valence-corrected chi connectivity index (χ4v) is 1.15. The number of ether oxygens (including phenoxy) is 1. The van der Waals surface area contributed by atoms with Crippen molar-refractivity contribution in [2.24, 2.45) is 0 Å². The molecule has 2 N–H and O–H groups in total. The van der Waals surface area contributed by atoms with Crippen molar-refractivity contribution >= 4 is 11.6 Å². The zero-order valence-electron chi connectivity index (χ0n) is 9.21. The second-order valence-corrected chi connectivity index (χ2v) is 3.17. The van der Waals surface area contributed by atoms with Crippen LogP contribution in [0.4, 0.5) is 5.69 Å². The minimum absolute atomic E-state index is 0.184. The van der Waals surface area contributed by atoms with Crippen molar-refractivity contribution in [3.05, 3.63) is 24.0 Å². The Morgan fingerprint density at radius 1 is 1.47 bits per heavy atom. The second kappa shape index (κ2) is 6.01. The molecule has 0 bridgehead atoms. The third-order valence-electron chi connectivity index (χ3n) is 1.83. The summed E-state index contributed by atoms with van der Waals surface area (Å²) >= 11 is 0. The lowest BCUT2D eigenvalue weighted by molar-refractivity contribution is 0.303. The molecule has 0 amide bonds. The van der Waals surface area contributed by atoms with Gasteiger partial charge in [-0.1, -0.05) is 6.92 Å². The molecule has 4 heteroatoms. The van der Waals surface area contributed by atoms with Gasteiger partial charge < -0.3 is 10.1 Å². The Morgan fingerprint density at radius 3 is 2.93 bits per heavy atom. The first kappa shape index (κ1) is 11.5. The summed E-state index contributed by atoms with van der Waals surface area (Å²) in [5.41, 5.74) is 1.63. The van der Waals surface area contributed by atoms with Gasteiger partial charge in [-0.15, -0.1) is 0 Å². The van der Waals surface area contributed by atoms with Crippen molar-refractivity contribution in [1.29, 1.82) is 5.41 Å². The molecule has 1 aromatic rings. The molecular weight excluding hydrogens is 190 g/mol. The third kappa shape index (κ3) is 3.58. The average Bonchev–Trinajstić information content (AvgIpc) is 2.27. The number of hydrogen-bond acceptors (Lipinski definition) is 4. The molecule has 0 atom stereocenters. The molecule has 15 heavy (non-hydrogen) atoms. The number of pyridine rings is 1. The number of rotatable bonds is 5. The van der Waals surface area contributed by atoms with Gasteiger partial charge in [0.05, 0.1) is 17.9 Å². The molecule has 0 saturated heterocycles. The summed E-state index contributed by atoms with van der Waals surface area (Å²) < 4.78 is 5.23. The maximum absolute atomic E-state index is 7.67. The highest BCUT2D eigenvalue weighted by Gasteiger charge is 2.03. The summed E-state index contributed by atoms with van der Waals surface area (Å²) in [4.78, 5) is 4.05. The van der Waals surface area contributed by atoms with Crippen LogP contribution in [0.1, 0.15) is 25.8 Å². The lowest BCUT2D eigenvalue weighted by atomic mass is 10.2. The quantitative estimate of drug-likeness (QED) is 0.575. The fourth-order valence-electron chi connectivity index (χ4n) is 1.15. The smallest absolute Gasteiger partial charge is 0.214 e. The first-order valence-electron chi connectivity index (χ1n) is 5.18. The Morgan fingerprint density at radius 2 is 2.27 bits per heavy atom. The SMILES string of the molecule is CCCOC(=N)c1cncc(NCC)c1.